The maximum absolute atomic E-state index is 12.7. The molecule has 0 saturated carbocycles. The van der Waals surface area contributed by atoms with E-state index in [4.69, 9.17) is 0 Å². The number of thioether (sulfide) groups is 1. The second kappa shape index (κ2) is 6.84. The van der Waals surface area contributed by atoms with E-state index in [1.54, 1.807) is 0 Å². The first kappa shape index (κ1) is 14.9. The Bertz CT molecular complexity index is 473. The second-order valence-electron chi connectivity index (χ2n) is 5.99. The van der Waals surface area contributed by atoms with Gasteiger partial charge in [-0.3, -0.25) is 10.1 Å². The van der Waals surface area contributed by atoms with Gasteiger partial charge in [-0.2, -0.15) is 11.8 Å². The van der Waals surface area contributed by atoms with Crippen LogP contribution in [-0.4, -0.2) is 34.9 Å². The highest BCUT2D eigenvalue weighted by atomic mass is 32.2. The highest BCUT2D eigenvalue weighted by Gasteiger charge is 2.39. The lowest BCUT2D eigenvalue weighted by molar-refractivity contribution is -0.130. The lowest BCUT2D eigenvalue weighted by Crippen LogP contribution is -2.36. The first-order chi connectivity index (χ1) is 10.3. The van der Waals surface area contributed by atoms with Gasteiger partial charge in [-0.05, 0) is 42.2 Å². The van der Waals surface area contributed by atoms with Gasteiger partial charge in [0.25, 0.3) is 0 Å². The van der Waals surface area contributed by atoms with Crippen molar-refractivity contribution in [3.8, 4) is 0 Å². The van der Waals surface area contributed by atoms with E-state index in [-0.39, 0.29) is 18.1 Å². The summed E-state index contributed by atoms with van der Waals surface area (Å²) in [6.45, 7) is 2.99. The van der Waals surface area contributed by atoms with E-state index in [0.717, 1.165) is 13.0 Å². The molecule has 1 N–H and O–H groups in total. The highest BCUT2D eigenvalue weighted by molar-refractivity contribution is 7.99. The van der Waals surface area contributed by atoms with Crippen LogP contribution in [0.25, 0.3) is 0 Å². The number of amides is 1. The molecular weight excluding hydrogens is 280 g/mol. The Morgan fingerprint density at radius 1 is 1.24 bits per heavy atom. The van der Waals surface area contributed by atoms with Gasteiger partial charge in [0.05, 0.1) is 6.04 Å². The summed E-state index contributed by atoms with van der Waals surface area (Å²) in [6, 6.07) is 10.3. The zero-order valence-electron chi connectivity index (χ0n) is 12.6. The van der Waals surface area contributed by atoms with E-state index >= 15 is 0 Å². The van der Waals surface area contributed by atoms with Crippen LogP contribution in [-0.2, 0) is 4.79 Å². The molecule has 2 heterocycles. The summed E-state index contributed by atoms with van der Waals surface area (Å²) < 4.78 is 0. The molecule has 4 heteroatoms. The van der Waals surface area contributed by atoms with Gasteiger partial charge in [-0.15, -0.1) is 0 Å². The SMILES string of the molecule is CCC1NC(c2ccccc2)N(CC2CCSCC2)C1=O. The Morgan fingerprint density at radius 2 is 1.95 bits per heavy atom. The average Bonchev–Trinajstić information content (AvgIpc) is 2.86. The summed E-state index contributed by atoms with van der Waals surface area (Å²) in [5, 5.41) is 3.52. The standard InChI is InChI=1S/C17H24N2OS/c1-2-15-17(20)19(12-13-8-10-21-11-9-13)16(18-15)14-6-4-3-5-7-14/h3-7,13,15-16,18H,2,8-12H2,1H3. The van der Waals surface area contributed by atoms with Crippen molar-refractivity contribution >= 4 is 17.7 Å². The molecule has 1 aromatic carbocycles. The summed E-state index contributed by atoms with van der Waals surface area (Å²) in [7, 11) is 0. The molecule has 3 nitrogen and oxygen atoms in total. The smallest absolute Gasteiger partial charge is 0.241 e. The topological polar surface area (TPSA) is 32.3 Å². The van der Waals surface area contributed by atoms with E-state index in [0.29, 0.717) is 5.92 Å². The monoisotopic (exact) mass is 304 g/mol. The van der Waals surface area contributed by atoms with Crippen LogP contribution in [0.5, 0.6) is 0 Å². The molecule has 2 fully saturated rings. The number of benzene rings is 1. The number of hydrogen-bond acceptors (Lipinski definition) is 3. The maximum Gasteiger partial charge on any atom is 0.241 e. The van der Waals surface area contributed by atoms with E-state index in [2.05, 4.69) is 41.4 Å². The molecule has 0 bridgehead atoms. The summed E-state index contributed by atoms with van der Waals surface area (Å²) in [4.78, 5) is 14.7. The minimum atomic E-state index is -0.0202. The van der Waals surface area contributed by atoms with Crippen molar-refractivity contribution in [2.75, 3.05) is 18.1 Å². The van der Waals surface area contributed by atoms with Crippen molar-refractivity contribution in [2.24, 2.45) is 5.92 Å². The molecule has 3 rings (SSSR count). The van der Waals surface area contributed by atoms with Gasteiger partial charge in [-0.1, -0.05) is 37.3 Å². The number of nitrogens with one attached hydrogen (secondary N) is 1. The second-order valence-corrected chi connectivity index (χ2v) is 7.21. The minimum Gasteiger partial charge on any atom is -0.321 e. The van der Waals surface area contributed by atoms with E-state index in [1.165, 1.54) is 29.9 Å². The van der Waals surface area contributed by atoms with Crippen LogP contribution in [0.3, 0.4) is 0 Å². The number of carbonyl (C=O) groups is 1. The minimum absolute atomic E-state index is 0.0202. The molecule has 2 aliphatic heterocycles. The van der Waals surface area contributed by atoms with Crippen LogP contribution in [0.1, 0.15) is 37.9 Å². The van der Waals surface area contributed by atoms with E-state index in [1.807, 2.05) is 17.8 Å². The lowest BCUT2D eigenvalue weighted by Gasteiger charge is -2.30. The highest BCUT2D eigenvalue weighted by Crippen LogP contribution is 2.30. The Kier molecular flexibility index (Phi) is 4.86. The molecule has 2 atom stereocenters. The number of rotatable bonds is 4. The van der Waals surface area contributed by atoms with Crippen LogP contribution < -0.4 is 5.32 Å². The van der Waals surface area contributed by atoms with Gasteiger partial charge in [0.2, 0.25) is 5.91 Å². The molecule has 2 unspecified atom stereocenters. The fraction of sp³-hybridized carbons (Fsp3) is 0.588. The Morgan fingerprint density at radius 3 is 2.62 bits per heavy atom. The Labute approximate surface area is 131 Å². The summed E-state index contributed by atoms with van der Waals surface area (Å²) >= 11 is 2.04. The fourth-order valence-electron chi connectivity index (χ4n) is 3.29. The third-order valence-electron chi connectivity index (χ3n) is 4.57. The molecule has 1 amide bonds. The van der Waals surface area contributed by atoms with Crippen LogP contribution in [0.4, 0.5) is 0 Å². The summed E-state index contributed by atoms with van der Waals surface area (Å²) in [6.07, 6.45) is 3.40. The molecule has 1 aromatic rings. The zero-order valence-corrected chi connectivity index (χ0v) is 13.4. The van der Waals surface area contributed by atoms with Gasteiger partial charge in [0, 0.05) is 6.54 Å². The number of hydrogen-bond donors (Lipinski definition) is 1. The van der Waals surface area contributed by atoms with Crippen LogP contribution in [0.2, 0.25) is 0 Å². The third-order valence-corrected chi connectivity index (χ3v) is 5.62. The molecule has 0 aromatic heterocycles. The Balaban J connectivity index is 1.77. The first-order valence-electron chi connectivity index (χ1n) is 7.98. The number of carbonyl (C=O) groups excluding carboxylic acids is 1. The van der Waals surface area contributed by atoms with Crippen molar-refractivity contribution in [1.29, 1.82) is 0 Å². The van der Waals surface area contributed by atoms with Gasteiger partial charge >= 0.3 is 0 Å². The van der Waals surface area contributed by atoms with Gasteiger partial charge in [-0.25, -0.2) is 0 Å². The lowest BCUT2D eigenvalue weighted by atomic mass is 10.0. The molecule has 114 valence electrons. The molecule has 0 aliphatic carbocycles. The molecule has 21 heavy (non-hydrogen) atoms. The quantitative estimate of drug-likeness (QED) is 0.928. The fourth-order valence-corrected chi connectivity index (χ4v) is 4.49. The van der Waals surface area contributed by atoms with Gasteiger partial charge < -0.3 is 4.90 Å². The normalized spacial score (nSPS) is 27.3. The summed E-state index contributed by atoms with van der Waals surface area (Å²) in [5.41, 5.74) is 1.20. The van der Waals surface area contributed by atoms with E-state index in [9.17, 15) is 4.79 Å². The molecular formula is C17H24N2OS. The van der Waals surface area contributed by atoms with Crippen molar-refractivity contribution in [2.45, 2.75) is 38.4 Å². The molecule has 0 radical (unpaired) electrons. The van der Waals surface area contributed by atoms with Crippen LogP contribution in [0.15, 0.2) is 30.3 Å². The van der Waals surface area contributed by atoms with Crippen molar-refractivity contribution in [3.05, 3.63) is 35.9 Å². The maximum atomic E-state index is 12.7. The van der Waals surface area contributed by atoms with Crippen molar-refractivity contribution < 1.29 is 4.79 Å². The predicted molar refractivity (Wildman–Crippen MR) is 88.2 cm³/mol. The van der Waals surface area contributed by atoms with Gasteiger partial charge in [0.15, 0.2) is 0 Å². The summed E-state index contributed by atoms with van der Waals surface area (Å²) in [5.74, 6) is 3.43. The van der Waals surface area contributed by atoms with E-state index < -0.39 is 0 Å². The average molecular weight is 304 g/mol. The third kappa shape index (κ3) is 3.27. The molecule has 2 saturated heterocycles. The predicted octanol–water partition coefficient (Wildman–Crippen LogP) is 3.04. The number of nitrogens with zero attached hydrogens (tertiary/aromatic N) is 1. The zero-order chi connectivity index (χ0) is 14.7. The molecule has 2 aliphatic rings. The first-order valence-corrected chi connectivity index (χ1v) is 9.14. The van der Waals surface area contributed by atoms with Crippen LogP contribution >= 0.6 is 11.8 Å². The van der Waals surface area contributed by atoms with Crippen molar-refractivity contribution in [3.63, 3.8) is 0 Å². The van der Waals surface area contributed by atoms with Gasteiger partial charge in [0.1, 0.15) is 6.17 Å². The Hall–Kier alpha value is -1.00. The molecule has 0 spiro atoms. The van der Waals surface area contributed by atoms with Crippen molar-refractivity contribution in [1.82, 2.24) is 10.2 Å². The van der Waals surface area contributed by atoms with Crippen LogP contribution in [0, 0.1) is 5.92 Å². The largest absolute Gasteiger partial charge is 0.321 e.